The van der Waals surface area contributed by atoms with Gasteiger partial charge in [-0.1, -0.05) is 172 Å². The fraction of sp³-hybridized carbons (Fsp3) is 0.0566. The molecule has 0 amide bonds. The van der Waals surface area contributed by atoms with Crippen molar-refractivity contribution in [3.8, 4) is 22.3 Å². The zero-order chi connectivity index (χ0) is 36.9. The minimum Gasteiger partial charge on any atom is -0.308 e. The summed E-state index contributed by atoms with van der Waals surface area (Å²) in [4.78, 5) is 4.97. The van der Waals surface area contributed by atoms with Gasteiger partial charge in [-0.2, -0.15) is 0 Å². The predicted octanol–water partition coefficient (Wildman–Crippen LogP) is 14.9. The van der Waals surface area contributed by atoms with E-state index in [2.05, 4.69) is 230 Å². The standard InChI is InChI=1S/C53H40N2/c1-53(2)47-25-13-14-26-48(47)55(49-27-15-24-45(51(49)53)42-29-28-38-18-9-10-20-41(38)36-42)52-46-23-12-11-19-40(46)32-35-50(52)54(43-21-7-4-8-22-43)44-33-30-39(31-34-44)37-16-5-3-6-17-37/h3-36H,1-2H3. The molecule has 9 aromatic carbocycles. The van der Waals surface area contributed by atoms with E-state index in [9.17, 15) is 0 Å². The van der Waals surface area contributed by atoms with Crippen LogP contribution in [-0.2, 0) is 5.41 Å². The average Bonchev–Trinajstić information content (AvgIpc) is 3.25. The summed E-state index contributed by atoms with van der Waals surface area (Å²) in [5, 5.41) is 4.89. The number of hydrogen-bond acceptors (Lipinski definition) is 2. The molecule has 0 spiro atoms. The van der Waals surface area contributed by atoms with Gasteiger partial charge in [-0.05, 0) is 98.1 Å². The second kappa shape index (κ2) is 13.2. The first kappa shape index (κ1) is 32.7. The number of hydrogen-bond donors (Lipinski definition) is 0. The molecule has 1 aliphatic heterocycles. The van der Waals surface area contributed by atoms with Crippen molar-refractivity contribution >= 4 is 55.7 Å². The van der Waals surface area contributed by atoms with Crippen molar-refractivity contribution in [2.75, 3.05) is 9.80 Å². The van der Waals surface area contributed by atoms with E-state index in [0.29, 0.717) is 0 Å². The Hall–Kier alpha value is -6.90. The van der Waals surface area contributed by atoms with Crippen LogP contribution in [0.3, 0.4) is 0 Å². The van der Waals surface area contributed by atoms with E-state index in [4.69, 9.17) is 0 Å². The zero-order valence-corrected chi connectivity index (χ0v) is 31.0. The Balaban J connectivity index is 1.26. The Bertz CT molecular complexity index is 2840. The SMILES string of the molecule is CC1(C)c2ccccc2N(c2c(N(c3ccccc3)c3ccc(-c4ccccc4)cc3)ccc3ccccc23)c2cccc(-c3ccc4ccccc4c3)c21. The summed E-state index contributed by atoms with van der Waals surface area (Å²) in [5.74, 6) is 0. The Morgan fingerprint density at radius 3 is 1.80 bits per heavy atom. The van der Waals surface area contributed by atoms with Crippen LogP contribution >= 0.6 is 0 Å². The highest BCUT2D eigenvalue weighted by Gasteiger charge is 2.40. The van der Waals surface area contributed by atoms with Gasteiger partial charge in [-0.15, -0.1) is 0 Å². The summed E-state index contributed by atoms with van der Waals surface area (Å²) in [6.45, 7) is 4.78. The summed E-state index contributed by atoms with van der Waals surface area (Å²) >= 11 is 0. The number of benzene rings is 9. The first-order valence-corrected chi connectivity index (χ1v) is 19.1. The zero-order valence-electron chi connectivity index (χ0n) is 31.0. The fourth-order valence-corrected chi connectivity index (χ4v) is 8.78. The number of para-hydroxylation sites is 2. The first-order chi connectivity index (χ1) is 27.1. The number of fused-ring (bicyclic) bond motifs is 4. The first-order valence-electron chi connectivity index (χ1n) is 19.1. The summed E-state index contributed by atoms with van der Waals surface area (Å²) in [6.07, 6.45) is 0. The molecular weight excluding hydrogens is 665 g/mol. The molecule has 262 valence electrons. The smallest absolute Gasteiger partial charge is 0.0781 e. The van der Waals surface area contributed by atoms with E-state index >= 15 is 0 Å². The summed E-state index contributed by atoms with van der Waals surface area (Å²) < 4.78 is 0. The molecule has 0 fully saturated rings. The minimum absolute atomic E-state index is 0.276. The van der Waals surface area contributed by atoms with Crippen molar-refractivity contribution in [3.05, 3.63) is 217 Å². The van der Waals surface area contributed by atoms with Crippen LogP contribution in [0.4, 0.5) is 34.1 Å². The summed E-state index contributed by atoms with van der Waals surface area (Å²) in [6, 6.07) is 75.2. The average molecular weight is 705 g/mol. The van der Waals surface area contributed by atoms with Crippen LogP contribution in [0.2, 0.25) is 0 Å². The van der Waals surface area contributed by atoms with Crippen LogP contribution in [0.5, 0.6) is 0 Å². The monoisotopic (exact) mass is 704 g/mol. The molecule has 0 bridgehead atoms. The highest BCUT2D eigenvalue weighted by molar-refractivity contribution is 6.09. The maximum absolute atomic E-state index is 2.55. The molecule has 0 aliphatic carbocycles. The Morgan fingerprint density at radius 1 is 0.418 bits per heavy atom. The van der Waals surface area contributed by atoms with Crippen molar-refractivity contribution < 1.29 is 0 Å². The van der Waals surface area contributed by atoms with E-state index in [1.165, 1.54) is 66.3 Å². The number of rotatable bonds is 6. The topological polar surface area (TPSA) is 6.48 Å². The van der Waals surface area contributed by atoms with Crippen LogP contribution in [0.15, 0.2) is 206 Å². The quantitative estimate of drug-likeness (QED) is 0.170. The second-order valence-electron chi connectivity index (χ2n) is 15.0. The third-order valence-electron chi connectivity index (χ3n) is 11.4. The number of anilines is 6. The van der Waals surface area contributed by atoms with Gasteiger partial charge in [0.05, 0.1) is 22.7 Å². The Labute approximate surface area is 323 Å². The largest absolute Gasteiger partial charge is 0.308 e. The van der Waals surface area contributed by atoms with Gasteiger partial charge in [0.2, 0.25) is 0 Å². The molecule has 0 saturated carbocycles. The highest BCUT2D eigenvalue weighted by atomic mass is 15.2. The lowest BCUT2D eigenvalue weighted by Crippen LogP contribution is -2.32. The predicted molar refractivity (Wildman–Crippen MR) is 234 cm³/mol. The van der Waals surface area contributed by atoms with E-state index in [0.717, 1.165) is 22.7 Å². The van der Waals surface area contributed by atoms with Crippen LogP contribution in [0.25, 0.3) is 43.8 Å². The maximum atomic E-state index is 2.55. The second-order valence-corrected chi connectivity index (χ2v) is 15.0. The van der Waals surface area contributed by atoms with Crippen LogP contribution in [0.1, 0.15) is 25.0 Å². The molecule has 0 atom stereocenters. The van der Waals surface area contributed by atoms with Crippen molar-refractivity contribution in [3.63, 3.8) is 0 Å². The molecular formula is C53H40N2. The van der Waals surface area contributed by atoms with E-state index in [1.54, 1.807) is 0 Å². The summed E-state index contributed by atoms with van der Waals surface area (Å²) in [5.41, 5.74) is 14.1. The van der Waals surface area contributed by atoms with Gasteiger partial charge >= 0.3 is 0 Å². The third kappa shape index (κ3) is 5.49. The highest BCUT2D eigenvalue weighted by Crippen LogP contribution is 2.58. The van der Waals surface area contributed by atoms with Crippen LogP contribution in [-0.4, -0.2) is 0 Å². The Morgan fingerprint density at radius 2 is 1.00 bits per heavy atom. The molecule has 2 heteroatoms. The lowest BCUT2D eigenvalue weighted by molar-refractivity contribution is 0.634. The Kier molecular flexibility index (Phi) is 7.85. The molecule has 0 unspecified atom stereocenters. The van der Waals surface area contributed by atoms with Gasteiger partial charge in [0.15, 0.2) is 0 Å². The molecule has 10 rings (SSSR count). The molecule has 1 aliphatic rings. The van der Waals surface area contributed by atoms with E-state index in [1.807, 2.05) is 0 Å². The normalized spacial score (nSPS) is 13.0. The molecule has 2 nitrogen and oxygen atoms in total. The van der Waals surface area contributed by atoms with Gasteiger partial charge < -0.3 is 9.80 Å². The van der Waals surface area contributed by atoms with Gasteiger partial charge in [0.1, 0.15) is 0 Å². The minimum atomic E-state index is -0.276. The van der Waals surface area contributed by atoms with Crippen molar-refractivity contribution in [1.82, 2.24) is 0 Å². The fourth-order valence-electron chi connectivity index (χ4n) is 8.78. The van der Waals surface area contributed by atoms with E-state index < -0.39 is 0 Å². The van der Waals surface area contributed by atoms with Crippen molar-refractivity contribution in [1.29, 1.82) is 0 Å². The van der Waals surface area contributed by atoms with Gasteiger partial charge in [0.25, 0.3) is 0 Å². The molecule has 0 N–H and O–H groups in total. The summed E-state index contributed by atoms with van der Waals surface area (Å²) in [7, 11) is 0. The lowest BCUT2D eigenvalue weighted by Gasteiger charge is -2.44. The molecule has 1 heterocycles. The molecule has 0 saturated heterocycles. The van der Waals surface area contributed by atoms with Crippen molar-refractivity contribution in [2.24, 2.45) is 0 Å². The van der Waals surface area contributed by atoms with Gasteiger partial charge in [-0.25, -0.2) is 0 Å². The molecule has 0 radical (unpaired) electrons. The van der Waals surface area contributed by atoms with Gasteiger partial charge in [0, 0.05) is 22.2 Å². The molecule has 55 heavy (non-hydrogen) atoms. The van der Waals surface area contributed by atoms with Crippen molar-refractivity contribution in [2.45, 2.75) is 19.3 Å². The third-order valence-corrected chi connectivity index (χ3v) is 11.4. The van der Waals surface area contributed by atoms with Crippen LogP contribution < -0.4 is 9.80 Å². The number of nitrogens with zero attached hydrogens (tertiary/aromatic N) is 2. The maximum Gasteiger partial charge on any atom is 0.0781 e. The lowest BCUT2D eigenvalue weighted by atomic mass is 9.70. The molecule has 9 aromatic rings. The van der Waals surface area contributed by atoms with Crippen LogP contribution in [0, 0.1) is 0 Å². The van der Waals surface area contributed by atoms with E-state index in [-0.39, 0.29) is 5.41 Å². The molecule has 0 aromatic heterocycles. The van der Waals surface area contributed by atoms with Gasteiger partial charge in [-0.3, -0.25) is 0 Å².